The fourth-order valence-corrected chi connectivity index (χ4v) is 5.68. The monoisotopic (exact) mass is 595 g/mol. The maximum Gasteiger partial charge on any atom is 0.339 e. The molecule has 1 saturated heterocycles. The molecule has 1 aromatic carbocycles. The number of fused-ring (bicyclic) bond motifs is 3. The zero-order chi connectivity index (χ0) is 30.8. The molecule has 3 aromatic rings. The van der Waals surface area contributed by atoms with Gasteiger partial charge < -0.3 is 28.4 Å². The Bertz CT molecular complexity index is 1550. The standard InChI is InChI=1S/C30H33N3O10/c1-15(34)39-23-24(40-16(2)35)26(41-17(3)36)30(42-25(23)29(37)38-5)43-28-20-14-10-9-13-19(20)21-22(18-11-7-6-8-12-18)32-33(4)27(21)31-28/h6-8,11-12,23-26,30H,9-10,13-14H2,1-5H3/t23-,24-,25-,26+,30-/m0/s1. The number of nitrogens with zero attached hydrogens (tertiary/aromatic N) is 3. The molecule has 1 fully saturated rings. The summed E-state index contributed by atoms with van der Waals surface area (Å²) in [6.07, 6.45) is -4.23. The van der Waals surface area contributed by atoms with E-state index in [9.17, 15) is 19.2 Å². The fraction of sp³-hybridized carbons (Fsp3) is 0.467. The average molecular weight is 596 g/mol. The zero-order valence-corrected chi connectivity index (χ0v) is 24.5. The summed E-state index contributed by atoms with van der Waals surface area (Å²) in [6, 6.07) is 9.81. The molecule has 13 heteroatoms. The minimum Gasteiger partial charge on any atom is -0.467 e. The van der Waals surface area contributed by atoms with Gasteiger partial charge in [-0.15, -0.1) is 0 Å². The van der Waals surface area contributed by atoms with Crippen molar-refractivity contribution in [1.82, 2.24) is 14.8 Å². The van der Waals surface area contributed by atoms with E-state index in [1.54, 1.807) is 11.7 Å². The molecule has 0 radical (unpaired) electrons. The van der Waals surface area contributed by atoms with E-state index in [4.69, 9.17) is 38.5 Å². The highest BCUT2D eigenvalue weighted by Crippen LogP contribution is 2.40. The fourth-order valence-electron chi connectivity index (χ4n) is 5.68. The van der Waals surface area contributed by atoms with E-state index in [1.165, 1.54) is 0 Å². The third-order valence-electron chi connectivity index (χ3n) is 7.36. The Kier molecular flexibility index (Phi) is 8.62. The third-order valence-corrected chi connectivity index (χ3v) is 7.36. The van der Waals surface area contributed by atoms with E-state index in [0.29, 0.717) is 12.1 Å². The molecule has 43 heavy (non-hydrogen) atoms. The first-order valence-electron chi connectivity index (χ1n) is 13.9. The summed E-state index contributed by atoms with van der Waals surface area (Å²) < 4.78 is 35.2. The second kappa shape index (κ2) is 12.4. The number of esters is 4. The van der Waals surface area contributed by atoms with Gasteiger partial charge in [-0.05, 0) is 31.2 Å². The van der Waals surface area contributed by atoms with Gasteiger partial charge in [0.05, 0.1) is 12.5 Å². The summed E-state index contributed by atoms with van der Waals surface area (Å²) in [5.41, 5.74) is 4.16. The van der Waals surface area contributed by atoms with E-state index in [2.05, 4.69) is 0 Å². The number of ether oxygens (including phenoxy) is 6. The van der Waals surface area contributed by atoms with E-state index >= 15 is 0 Å². The van der Waals surface area contributed by atoms with Crippen LogP contribution in [-0.4, -0.2) is 76.5 Å². The van der Waals surface area contributed by atoms with Crippen LogP contribution in [0.25, 0.3) is 22.3 Å². The van der Waals surface area contributed by atoms with Gasteiger partial charge in [0, 0.05) is 38.9 Å². The molecular formula is C30H33N3O10. The summed E-state index contributed by atoms with van der Waals surface area (Å²) in [5, 5.41) is 5.68. The predicted octanol–water partition coefficient (Wildman–Crippen LogP) is 2.59. The molecule has 0 spiro atoms. The van der Waals surface area contributed by atoms with Gasteiger partial charge in [0.25, 0.3) is 0 Å². The van der Waals surface area contributed by atoms with Gasteiger partial charge in [-0.25, -0.2) is 9.48 Å². The van der Waals surface area contributed by atoms with Crippen LogP contribution in [-0.2, 0) is 62.8 Å². The molecule has 5 rings (SSSR count). The van der Waals surface area contributed by atoms with E-state index in [0.717, 1.165) is 74.9 Å². The van der Waals surface area contributed by atoms with Gasteiger partial charge in [0.1, 0.15) is 5.69 Å². The molecule has 5 atom stereocenters. The van der Waals surface area contributed by atoms with Crippen molar-refractivity contribution in [3.63, 3.8) is 0 Å². The highest BCUT2D eigenvalue weighted by atomic mass is 16.7. The van der Waals surface area contributed by atoms with Crippen molar-refractivity contribution in [3.8, 4) is 17.1 Å². The van der Waals surface area contributed by atoms with Crippen LogP contribution in [0.15, 0.2) is 30.3 Å². The smallest absolute Gasteiger partial charge is 0.339 e. The largest absolute Gasteiger partial charge is 0.467 e. The number of hydrogen-bond donors (Lipinski definition) is 0. The van der Waals surface area contributed by atoms with Gasteiger partial charge in [0.2, 0.25) is 18.3 Å². The average Bonchev–Trinajstić information content (AvgIpc) is 3.31. The first-order valence-corrected chi connectivity index (χ1v) is 13.9. The number of rotatable bonds is 7. The van der Waals surface area contributed by atoms with Gasteiger partial charge >= 0.3 is 23.9 Å². The van der Waals surface area contributed by atoms with Crippen molar-refractivity contribution in [2.24, 2.45) is 7.05 Å². The third kappa shape index (κ3) is 6.03. The summed E-state index contributed by atoms with van der Waals surface area (Å²) in [5.74, 6) is -3.02. The quantitative estimate of drug-likeness (QED) is 0.291. The van der Waals surface area contributed by atoms with Crippen molar-refractivity contribution in [2.75, 3.05) is 7.11 Å². The van der Waals surface area contributed by atoms with Crippen molar-refractivity contribution >= 4 is 34.9 Å². The highest BCUT2D eigenvalue weighted by Gasteiger charge is 2.56. The summed E-state index contributed by atoms with van der Waals surface area (Å²) in [7, 11) is 2.91. The van der Waals surface area contributed by atoms with Crippen LogP contribution in [0.1, 0.15) is 44.7 Å². The Hall–Kier alpha value is -4.52. The molecule has 13 nitrogen and oxygen atoms in total. The Morgan fingerprint density at radius 2 is 1.47 bits per heavy atom. The highest BCUT2D eigenvalue weighted by molar-refractivity contribution is 5.95. The maximum absolute atomic E-state index is 12.8. The second-order valence-corrected chi connectivity index (χ2v) is 10.4. The van der Waals surface area contributed by atoms with Crippen LogP contribution in [0.4, 0.5) is 0 Å². The van der Waals surface area contributed by atoms with Crippen molar-refractivity contribution in [3.05, 3.63) is 41.5 Å². The van der Waals surface area contributed by atoms with Crippen LogP contribution in [0, 0.1) is 0 Å². The number of aromatic nitrogens is 3. The van der Waals surface area contributed by atoms with E-state index in [1.807, 2.05) is 30.3 Å². The van der Waals surface area contributed by atoms with Gasteiger partial charge in [-0.2, -0.15) is 10.1 Å². The van der Waals surface area contributed by atoms with E-state index < -0.39 is 54.6 Å². The Labute approximate surface area is 247 Å². The number of pyridine rings is 1. The summed E-state index contributed by atoms with van der Waals surface area (Å²) >= 11 is 0. The molecule has 2 aliphatic rings. The second-order valence-electron chi connectivity index (χ2n) is 10.4. The summed E-state index contributed by atoms with van der Waals surface area (Å²) in [4.78, 5) is 54.1. The minimum absolute atomic E-state index is 0.197. The number of carbonyl (C=O) groups is 4. The number of benzene rings is 1. The number of hydrogen-bond acceptors (Lipinski definition) is 12. The lowest BCUT2D eigenvalue weighted by molar-refractivity contribution is -0.283. The van der Waals surface area contributed by atoms with Crippen LogP contribution >= 0.6 is 0 Å². The first-order chi connectivity index (χ1) is 20.6. The lowest BCUT2D eigenvalue weighted by Gasteiger charge is -2.43. The molecule has 1 aliphatic heterocycles. The Balaban J connectivity index is 1.63. The van der Waals surface area contributed by atoms with Crippen molar-refractivity contribution in [2.45, 2.75) is 77.2 Å². The Morgan fingerprint density at radius 3 is 2.09 bits per heavy atom. The molecule has 3 heterocycles. The SMILES string of the molecule is COC(=O)[C@H]1O[C@@H](Oc2nc3c(c(-c4ccccc4)nn3C)c3c2CCCC3)[C@H](OC(C)=O)[C@@H](OC(C)=O)[C@@H]1OC(C)=O. The van der Waals surface area contributed by atoms with Crippen molar-refractivity contribution in [1.29, 1.82) is 0 Å². The number of methoxy groups -OCH3 is 1. The molecule has 1 aliphatic carbocycles. The number of carbonyl (C=O) groups excluding carboxylic acids is 4. The molecule has 228 valence electrons. The molecule has 0 saturated carbocycles. The molecule has 0 amide bonds. The zero-order valence-electron chi connectivity index (χ0n) is 24.5. The lowest BCUT2D eigenvalue weighted by atomic mass is 9.89. The number of aryl methyl sites for hydroxylation is 2. The Morgan fingerprint density at radius 1 is 0.860 bits per heavy atom. The first kappa shape index (κ1) is 30.0. The summed E-state index contributed by atoms with van der Waals surface area (Å²) in [6.45, 7) is 3.40. The molecule has 0 N–H and O–H groups in total. The lowest BCUT2D eigenvalue weighted by Crippen LogP contribution is -2.64. The van der Waals surface area contributed by atoms with Crippen LogP contribution in [0.3, 0.4) is 0 Å². The molecule has 0 unspecified atom stereocenters. The molecule has 0 bridgehead atoms. The van der Waals surface area contributed by atoms with Gasteiger partial charge in [0.15, 0.2) is 24.0 Å². The topological polar surface area (TPSA) is 154 Å². The predicted molar refractivity (Wildman–Crippen MR) is 149 cm³/mol. The van der Waals surface area contributed by atoms with Crippen LogP contribution in [0.2, 0.25) is 0 Å². The van der Waals surface area contributed by atoms with E-state index in [-0.39, 0.29) is 5.88 Å². The minimum atomic E-state index is -1.57. The molecule has 2 aromatic heterocycles. The normalized spacial score (nSPS) is 23.1. The van der Waals surface area contributed by atoms with Crippen LogP contribution in [0.5, 0.6) is 5.88 Å². The van der Waals surface area contributed by atoms with Crippen molar-refractivity contribution < 1.29 is 47.6 Å². The van der Waals surface area contributed by atoms with Crippen LogP contribution < -0.4 is 4.74 Å². The molecular weight excluding hydrogens is 562 g/mol. The maximum atomic E-state index is 12.8. The van der Waals surface area contributed by atoms with Gasteiger partial charge in [-0.3, -0.25) is 14.4 Å². The van der Waals surface area contributed by atoms with Gasteiger partial charge in [-0.1, -0.05) is 30.3 Å².